The molecule has 5 nitrogen and oxygen atoms in total. The number of nitrogens with zero attached hydrogens (tertiary/aromatic N) is 3. The Morgan fingerprint density at radius 1 is 0.871 bits per heavy atom. The highest BCUT2D eigenvalue weighted by molar-refractivity contribution is 5.77. The van der Waals surface area contributed by atoms with Crippen molar-refractivity contribution in [2.45, 2.75) is 19.9 Å². The summed E-state index contributed by atoms with van der Waals surface area (Å²) in [6.07, 6.45) is 1.78. The van der Waals surface area contributed by atoms with E-state index < -0.39 is 0 Å². The molecule has 1 heterocycles. The van der Waals surface area contributed by atoms with E-state index in [0.717, 1.165) is 22.9 Å². The second-order valence-electron chi connectivity index (χ2n) is 7.31. The van der Waals surface area contributed by atoms with Crippen molar-refractivity contribution < 1.29 is 4.74 Å². The summed E-state index contributed by atoms with van der Waals surface area (Å²) in [6, 6.07) is 28.3. The van der Waals surface area contributed by atoms with Gasteiger partial charge < -0.3 is 10.1 Å². The number of ether oxygens (including phenoxy) is 1. The molecular weight excluding hydrogens is 384 g/mol. The molecule has 0 aliphatic rings. The molecule has 1 unspecified atom stereocenters. The molecule has 1 aromatic heterocycles. The largest absolute Gasteiger partial charge is 0.495 e. The second-order valence-corrected chi connectivity index (χ2v) is 7.31. The zero-order valence-corrected chi connectivity index (χ0v) is 18.0. The van der Waals surface area contributed by atoms with Crippen LogP contribution in [0.3, 0.4) is 0 Å². The zero-order valence-electron chi connectivity index (χ0n) is 18.0. The lowest BCUT2D eigenvalue weighted by Gasteiger charge is -2.25. The molecule has 0 spiro atoms. The first-order valence-corrected chi connectivity index (χ1v) is 10.3. The minimum atomic E-state index is 0.111. The van der Waals surface area contributed by atoms with Gasteiger partial charge in [-0.05, 0) is 55.3 Å². The summed E-state index contributed by atoms with van der Waals surface area (Å²) in [5.74, 6) is 2.08. The van der Waals surface area contributed by atoms with Crippen molar-refractivity contribution in [2.24, 2.45) is 0 Å². The van der Waals surface area contributed by atoms with Crippen LogP contribution in [0.4, 0.5) is 23.1 Å². The number of hydrogen-bond donors (Lipinski definition) is 1. The quantitative estimate of drug-likeness (QED) is 0.380. The highest BCUT2D eigenvalue weighted by atomic mass is 16.5. The van der Waals surface area contributed by atoms with Crippen molar-refractivity contribution in [2.75, 3.05) is 17.3 Å². The van der Waals surface area contributed by atoms with Crippen LogP contribution >= 0.6 is 0 Å². The number of methoxy groups -OCH3 is 1. The van der Waals surface area contributed by atoms with Gasteiger partial charge in [0.2, 0.25) is 5.95 Å². The number of aryl methyl sites for hydroxylation is 1. The number of rotatable bonds is 7. The van der Waals surface area contributed by atoms with E-state index in [-0.39, 0.29) is 6.04 Å². The molecule has 4 aromatic rings. The third-order valence-electron chi connectivity index (χ3n) is 5.20. The highest BCUT2D eigenvalue weighted by Gasteiger charge is 2.19. The fourth-order valence-electron chi connectivity index (χ4n) is 3.66. The van der Waals surface area contributed by atoms with E-state index in [0.29, 0.717) is 5.95 Å². The maximum atomic E-state index is 5.62. The van der Waals surface area contributed by atoms with Gasteiger partial charge in [0.05, 0.1) is 18.8 Å². The molecule has 0 fully saturated rings. The highest BCUT2D eigenvalue weighted by Crippen LogP contribution is 2.38. The molecule has 0 aliphatic carbocycles. The summed E-state index contributed by atoms with van der Waals surface area (Å²) in [6.45, 7) is 4.26. The predicted octanol–water partition coefficient (Wildman–Crippen LogP) is 6.44. The Balaban J connectivity index is 1.72. The van der Waals surface area contributed by atoms with Crippen LogP contribution in [0, 0.1) is 6.92 Å². The topological polar surface area (TPSA) is 50.3 Å². The van der Waals surface area contributed by atoms with Gasteiger partial charge in [-0.1, -0.05) is 54.6 Å². The van der Waals surface area contributed by atoms with Crippen molar-refractivity contribution in [3.8, 4) is 5.75 Å². The minimum absolute atomic E-state index is 0.111. The maximum absolute atomic E-state index is 5.62. The Kier molecular flexibility index (Phi) is 6.13. The summed E-state index contributed by atoms with van der Waals surface area (Å²) in [7, 11) is 1.67. The van der Waals surface area contributed by atoms with Crippen molar-refractivity contribution >= 4 is 23.1 Å². The van der Waals surface area contributed by atoms with E-state index in [4.69, 9.17) is 9.72 Å². The standard InChI is InChI=1S/C26H26N4O/c1-19-11-7-8-14-22(19)20(2)28-25-17-18-27-26(29-25)30(21-12-5-4-6-13-21)23-15-9-10-16-24(23)31-3/h4-18,20H,1-3H3,(H,27,28,29). The third-order valence-corrected chi connectivity index (χ3v) is 5.20. The number of aromatic nitrogens is 2. The molecule has 5 heteroatoms. The lowest BCUT2D eigenvalue weighted by atomic mass is 10.0. The first-order chi connectivity index (χ1) is 15.2. The van der Waals surface area contributed by atoms with Crippen molar-refractivity contribution in [3.63, 3.8) is 0 Å². The van der Waals surface area contributed by atoms with Crippen molar-refractivity contribution in [3.05, 3.63) is 102 Å². The van der Waals surface area contributed by atoms with Crippen LogP contribution in [0.2, 0.25) is 0 Å². The fraction of sp³-hybridized carbons (Fsp3) is 0.154. The zero-order chi connectivity index (χ0) is 21.6. The van der Waals surface area contributed by atoms with Gasteiger partial charge >= 0.3 is 0 Å². The van der Waals surface area contributed by atoms with E-state index in [2.05, 4.69) is 48.4 Å². The molecule has 0 aliphatic heterocycles. The molecule has 0 saturated carbocycles. The van der Waals surface area contributed by atoms with E-state index in [1.54, 1.807) is 13.3 Å². The van der Waals surface area contributed by atoms with Crippen LogP contribution in [0.1, 0.15) is 24.1 Å². The monoisotopic (exact) mass is 410 g/mol. The number of nitrogens with one attached hydrogen (secondary N) is 1. The molecule has 156 valence electrons. The molecule has 3 aromatic carbocycles. The normalized spacial score (nSPS) is 11.6. The Labute approximate surface area is 183 Å². The Hall–Kier alpha value is -3.86. The van der Waals surface area contributed by atoms with E-state index in [9.17, 15) is 0 Å². The molecule has 31 heavy (non-hydrogen) atoms. The lowest BCUT2D eigenvalue weighted by molar-refractivity contribution is 0.416. The van der Waals surface area contributed by atoms with E-state index in [1.165, 1.54) is 11.1 Å². The SMILES string of the molecule is COc1ccccc1N(c1ccccc1)c1nccc(NC(C)c2ccccc2C)n1. The van der Waals surface area contributed by atoms with Crippen LogP contribution in [0.25, 0.3) is 0 Å². The van der Waals surface area contributed by atoms with Gasteiger partial charge in [-0.2, -0.15) is 4.98 Å². The van der Waals surface area contributed by atoms with Gasteiger partial charge in [-0.25, -0.2) is 4.98 Å². The number of para-hydroxylation sites is 3. The fourth-order valence-corrected chi connectivity index (χ4v) is 3.66. The average Bonchev–Trinajstić information content (AvgIpc) is 2.81. The van der Waals surface area contributed by atoms with Crippen LogP contribution in [-0.2, 0) is 0 Å². The molecule has 0 saturated heterocycles. The van der Waals surface area contributed by atoms with Gasteiger partial charge in [0.15, 0.2) is 0 Å². The van der Waals surface area contributed by atoms with Gasteiger partial charge in [0.25, 0.3) is 0 Å². The Bertz CT molecular complexity index is 1150. The first-order valence-electron chi connectivity index (χ1n) is 10.3. The summed E-state index contributed by atoms with van der Waals surface area (Å²) >= 11 is 0. The molecule has 1 N–H and O–H groups in total. The van der Waals surface area contributed by atoms with E-state index in [1.807, 2.05) is 65.6 Å². The van der Waals surface area contributed by atoms with Crippen molar-refractivity contribution in [1.29, 1.82) is 0 Å². The van der Waals surface area contributed by atoms with Crippen LogP contribution < -0.4 is 15.0 Å². The molecule has 4 rings (SSSR count). The second kappa shape index (κ2) is 9.30. The Morgan fingerprint density at radius 2 is 1.58 bits per heavy atom. The van der Waals surface area contributed by atoms with Crippen LogP contribution in [-0.4, -0.2) is 17.1 Å². The van der Waals surface area contributed by atoms with Gasteiger partial charge in [0.1, 0.15) is 11.6 Å². The molecular formula is C26H26N4O. The number of anilines is 4. The van der Waals surface area contributed by atoms with Gasteiger partial charge in [0, 0.05) is 11.9 Å². The average molecular weight is 411 g/mol. The van der Waals surface area contributed by atoms with E-state index >= 15 is 0 Å². The smallest absolute Gasteiger partial charge is 0.236 e. The molecule has 1 atom stereocenters. The van der Waals surface area contributed by atoms with Crippen molar-refractivity contribution in [1.82, 2.24) is 9.97 Å². The minimum Gasteiger partial charge on any atom is -0.495 e. The van der Waals surface area contributed by atoms with Gasteiger partial charge in [-0.15, -0.1) is 0 Å². The molecule has 0 radical (unpaired) electrons. The Morgan fingerprint density at radius 3 is 2.35 bits per heavy atom. The molecule has 0 bridgehead atoms. The predicted molar refractivity (Wildman–Crippen MR) is 126 cm³/mol. The van der Waals surface area contributed by atoms with Crippen LogP contribution in [0.15, 0.2) is 91.1 Å². The molecule has 0 amide bonds. The lowest BCUT2D eigenvalue weighted by Crippen LogP contribution is -2.16. The number of benzene rings is 3. The summed E-state index contributed by atoms with van der Waals surface area (Å²) in [4.78, 5) is 11.4. The first kappa shape index (κ1) is 20.4. The maximum Gasteiger partial charge on any atom is 0.236 e. The summed E-state index contributed by atoms with van der Waals surface area (Å²) in [5.41, 5.74) is 4.32. The van der Waals surface area contributed by atoms with Gasteiger partial charge in [-0.3, -0.25) is 4.90 Å². The van der Waals surface area contributed by atoms with Crippen LogP contribution in [0.5, 0.6) is 5.75 Å². The third kappa shape index (κ3) is 4.51. The summed E-state index contributed by atoms with van der Waals surface area (Å²) < 4.78 is 5.62. The number of hydrogen-bond acceptors (Lipinski definition) is 5. The summed E-state index contributed by atoms with van der Waals surface area (Å²) in [5, 5.41) is 3.52.